The van der Waals surface area contributed by atoms with Gasteiger partial charge in [-0.15, -0.1) is 0 Å². The van der Waals surface area contributed by atoms with Gasteiger partial charge in [-0.1, -0.05) is 20.8 Å². The van der Waals surface area contributed by atoms with Crippen molar-refractivity contribution in [3.63, 3.8) is 0 Å². The number of ether oxygens (including phenoxy) is 1. The van der Waals surface area contributed by atoms with Crippen molar-refractivity contribution >= 4 is 5.69 Å². The summed E-state index contributed by atoms with van der Waals surface area (Å²) in [5, 5.41) is 11.0. The second-order valence-electron chi connectivity index (χ2n) is 5.47. The van der Waals surface area contributed by atoms with Crippen LogP contribution >= 0.6 is 0 Å². The van der Waals surface area contributed by atoms with Crippen LogP contribution < -0.4 is 4.74 Å². The molecule has 0 heterocycles. The van der Waals surface area contributed by atoms with Crippen LogP contribution in [0.2, 0.25) is 0 Å². The second kappa shape index (κ2) is 5.38. The van der Waals surface area contributed by atoms with Gasteiger partial charge in [-0.25, -0.2) is 0 Å². The van der Waals surface area contributed by atoms with E-state index in [0.717, 1.165) is 17.5 Å². The number of rotatable bonds is 5. The molecular formula is C14H21NO3. The SMILES string of the molecule is CCC(C)(C)COc1cc(C)c(C)cc1[N+](=O)[O-]. The first-order valence-corrected chi connectivity index (χ1v) is 6.15. The molecule has 1 aromatic rings. The molecule has 0 N–H and O–H groups in total. The van der Waals surface area contributed by atoms with E-state index in [0.29, 0.717) is 12.4 Å². The molecule has 1 rings (SSSR count). The summed E-state index contributed by atoms with van der Waals surface area (Å²) in [5.41, 5.74) is 1.98. The smallest absolute Gasteiger partial charge is 0.311 e. The van der Waals surface area contributed by atoms with Crippen molar-refractivity contribution in [1.29, 1.82) is 0 Å². The number of aryl methyl sites for hydroxylation is 2. The molecule has 0 aromatic heterocycles. The van der Waals surface area contributed by atoms with Gasteiger partial charge in [0.2, 0.25) is 0 Å². The van der Waals surface area contributed by atoms with Crippen molar-refractivity contribution in [2.24, 2.45) is 5.41 Å². The normalized spacial score (nSPS) is 11.4. The molecule has 0 saturated carbocycles. The van der Waals surface area contributed by atoms with Crippen molar-refractivity contribution in [3.05, 3.63) is 33.4 Å². The molecule has 1 aromatic carbocycles. The molecule has 100 valence electrons. The largest absolute Gasteiger partial charge is 0.486 e. The third kappa shape index (κ3) is 3.45. The van der Waals surface area contributed by atoms with E-state index in [2.05, 4.69) is 20.8 Å². The number of benzene rings is 1. The van der Waals surface area contributed by atoms with E-state index in [-0.39, 0.29) is 16.0 Å². The van der Waals surface area contributed by atoms with E-state index in [1.165, 1.54) is 0 Å². The summed E-state index contributed by atoms with van der Waals surface area (Å²) in [5.74, 6) is 0.365. The standard InChI is InChI=1S/C14H21NO3/c1-6-14(4,5)9-18-13-8-11(3)10(2)7-12(13)15(16)17/h7-8H,6,9H2,1-5H3. The lowest BCUT2D eigenvalue weighted by atomic mass is 9.92. The fraction of sp³-hybridized carbons (Fsp3) is 0.571. The monoisotopic (exact) mass is 251 g/mol. The average molecular weight is 251 g/mol. The molecule has 0 aliphatic carbocycles. The van der Waals surface area contributed by atoms with E-state index >= 15 is 0 Å². The first-order valence-electron chi connectivity index (χ1n) is 6.15. The molecule has 0 bridgehead atoms. The molecular weight excluding hydrogens is 230 g/mol. The summed E-state index contributed by atoms with van der Waals surface area (Å²) in [7, 11) is 0. The van der Waals surface area contributed by atoms with Gasteiger partial charge in [-0.3, -0.25) is 10.1 Å². The Labute approximate surface area is 108 Å². The van der Waals surface area contributed by atoms with Crippen molar-refractivity contribution in [2.45, 2.75) is 41.0 Å². The summed E-state index contributed by atoms with van der Waals surface area (Å²) in [6, 6.07) is 3.32. The minimum absolute atomic E-state index is 0.0205. The highest BCUT2D eigenvalue weighted by molar-refractivity contribution is 5.51. The maximum Gasteiger partial charge on any atom is 0.311 e. The molecule has 0 aliphatic rings. The Hall–Kier alpha value is -1.58. The van der Waals surface area contributed by atoms with Gasteiger partial charge in [-0.2, -0.15) is 0 Å². The van der Waals surface area contributed by atoms with Crippen LogP contribution in [0.25, 0.3) is 0 Å². The average Bonchev–Trinajstić information content (AvgIpc) is 2.30. The van der Waals surface area contributed by atoms with Gasteiger partial charge >= 0.3 is 5.69 Å². The number of hydrogen-bond acceptors (Lipinski definition) is 3. The van der Waals surface area contributed by atoms with Crippen LogP contribution in [0.3, 0.4) is 0 Å². The summed E-state index contributed by atoms with van der Waals surface area (Å²) < 4.78 is 5.65. The fourth-order valence-corrected chi connectivity index (χ4v) is 1.41. The minimum atomic E-state index is -0.388. The molecule has 18 heavy (non-hydrogen) atoms. The number of hydrogen-bond donors (Lipinski definition) is 0. The third-order valence-electron chi connectivity index (χ3n) is 3.35. The molecule has 0 spiro atoms. The van der Waals surface area contributed by atoms with Gasteiger partial charge in [0.15, 0.2) is 5.75 Å². The van der Waals surface area contributed by atoms with Crippen LogP contribution in [0.1, 0.15) is 38.3 Å². The number of nitrogens with zero attached hydrogens (tertiary/aromatic N) is 1. The van der Waals surface area contributed by atoms with Crippen molar-refractivity contribution in [3.8, 4) is 5.75 Å². The molecule has 0 atom stereocenters. The molecule has 4 heteroatoms. The summed E-state index contributed by atoms with van der Waals surface area (Å²) in [6.07, 6.45) is 0.964. The van der Waals surface area contributed by atoms with E-state index in [1.54, 1.807) is 12.1 Å². The fourth-order valence-electron chi connectivity index (χ4n) is 1.41. The van der Waals surface area contributed by atoms with Crippen LogP contribution in [0, 0.1) is 29.4 Å². The van der Waals surface area contributed by atoms with Crippen LogP contribution in [-0.4, -0.2) is 11.5 Å². The zero-order valence-electron chi connectivity index (χ0n) is 11.7. The Morgan fingerprint density at radius 2 is 1.83 bits per heavy atom. The lowest BCUT2D eigenvalue weighted by Gasteiger charge is -2.22. The van der Waals surface area contributed by atoms with Gasteiger partial charge in [0.05, 0.1) is 11.5 Å². The highest BCUT2D eigenvalue weighted by Crippen LogP contribution is 2.32. The van der Waals surface area contributed by atoms with E-state index in [1.807, 2.05) is 13.8 Å². The minimum Gasteiger partial charge on any atom is -0.486 e. The second-order valence-corrected chi connectivity index (χ2v) is 5.47. The van der Waals surface area contributed by atoms with Gasteiger partial charge < -0.3 is 4.74 Å². The Kier molecular flexibility index (Phi) is 4.33. The number of nitro groups is 1. The Morgan fingerprint density at radius 3 is 2.33 bits per heavy atom. The van der Waals surface area contributed by atoms with Crippen molar-refractivity contribution in [1.82, 2.24) is 0 Å². The van der Waals surface area contributed by atoms with E-state index in [4.69, 9.17) is 4.74 Å². The van der Waals surface area contributed by atoms with E-state index in [9.17, 15) is 10.1 Å². The molecule has 0 saturated heterocycles. The van der Waals surface area contributed by atoms with Gasteiger partial charge in [0, 0.05) is 6.07 Å². The van der Waals surface area contributed by atoms with Crippen LogP contribution in [0.15, 0.2) is 12.1 Å². The first kappa shape index (κ1) is 14.5. The molecule has 0 fully saturated rings. The highest BCUT2D eigenvalue weighted by Gasteiger charge is 2.21. The molecule has 0 amide bonds. The quantitative estimate of drug-likeness (QED) is 0.586. The maximum absolute atomic E-state index is 11.0. The van der Waals surface area contributed by atoms with Gasteiger partial charge in [0.1, 0.15) is 0 Å². The van der Waals surface area contributed by atoms with Crippen molar-refractivity contribution in [2.75, 3.05) is 6.61 Å². The third-order valence-corrected chi connectivity index (χ3v) is 3.35. The summed E-state index contributed by atoms with van der Waals surface area (Å²) >= 11 is 0. The molecule has 0 aliphatic heterocycles. The summed E-state index contributed by atoms with van der Waals surface area (Å²) in [6.45, 7) is 10.5. The summed E-state index contributed by atoms with van der Waals surface area (Å²) in [4.78, 5) is 10.6. The first-order chi connectivity index (χ1) is 8.26. The van der Waals surface area contributed by atoms with Crippen LogP contribution in [-0.2, 0) is 0 Å². The Balaban J connectivity index is 3.01. The number of nitro benzene ring substituents is 1. The zero-order valence-corrected chi connectivity index (χ0v) is 11.7. The van der Waals surface area contributed by atoms with Crippen LogP contribution in [0.4, 0.5) is 5.69 Å². The predicted octanol–water partition coefficient (Wildman–Crippen LogP) is 4.03. The van der Waals surface area contributed by atoms with E-state index < -0.39 is 0 Å². The van der Waals surface area contributed by atoms with Gasteiger partial charge in [0.25, 0.3) is 0 Å². The lowest BCUT2D eigenvalue weighted by Crippen LogP contribution is -2.20. The highest BCUT2D eigenvalue weighted by atomic mass is 16.6. The zero-order chi connectivity index (χ0) is 13.9. The Morgan fingerprint density at radius 1 is 1.28 bits per heavy atom. The molecule has 4 nitrogen and oxygen atoms in total. The lowest BCUT2D eigenvalue weighted by molar-refractivity contribution is -0.386. The Bertz CT molecular complexity index is 453. The topological polar surface area (TPSA) is 52.4 Å². The van der Waals surface area contributed by atoms with Crippen LogP contribution in [0.5, 0.6) is 5.75 Å². The predicted molar refractivity (Wildman–Crippen MR) is 72.1 cm³/mol. The van der Waals surface area contributed by atoms with Gasteiger partial charge in [-0.05, 0) is 42.9 Å². The maximum atomic E-state index is 11.0. The molecule has 0 radical (unpaired) electrons. The van der Waals surface area contributed by atoms with Crippen molar-refractivity contribution < 1.29 is 9.66 Å². The molecule has 0 unspecified atom stereocenters.